The molecular weight excluding hydrogens is 437 g/mol. The highest BCUT2D eigenvalue weighted by Crippen LogP contribution is 2.41. The number of rotatable bonds is 10. The maximum Gasteiger partial charge on any atom is 0.305 e. The summed E-state index contributed by atoms with van der Waals surface area (Å²) in [5, 5.41) is 39.3. The van der Waals surface area contributed by atoms with Gasteiger partial charge in [-0.2, -0.15) is 5.26 Å². The topological polar surface area (TPSA) is 119 Å². The number of benzene rings is 1. The van der Waals surface area contributed by atoms with Gasteiger partial charge in [0.1, 0.15) is 17.6 Å². The van der Waals surface area contributed by atoms with Gasteiger partial charge in [-0.15, -0.1) is 0 Å². The first-order valence-electron chi connectivity index (χ1n) is 11.1. The van der Waals surface area contributed by atoms with Crippen LogP contribution in [0.3, 0.4) is 0 Å². The number of aliphatic carboxylic acids is 1. The van der Waals surface area contributed by atoms with Gasteiger partial charge in [-0.25, -0.2) is 4.39 Å². The van der Waals surface area contributed by atoms with E-state index in [2.05, 4.69) is 11.1 Å². The van der Waals surface area contributed by atoms with Crippen LogP contribution < -0.4 is 0 Å². The lowest BCUT2D eigenvalue weighted by molar-refractivity contribution is -0.139. The lowest BCUT2D eigenvalue weighted by Crippen LogP contribution is -2.21. The third-order valence-electron chi connectivity index (χ3n) is 5.65. The van der Waals surface area contributed by atoms with Gasteiger partial charge in [0.15, 0.2) is 0 Å². The minimum atomic E-state index is -1.15. The first kappa shape index (κ1) is 25.1. The number of nitriles is 1. The second-order valence-electron chi connectivity index (χ2n) is 8.52. The van der Waals surface area contributed by atoms with Crippen molar-refractivity contribution >= 4 is 5.97 Å². The molecular formula is C26H28FN3O4. The summed E-state index contributed by atoms with van der Waals surface area (Å²) in [4.78, 5) is 15.3. The maximum absolute atomic E-state index is 13.7. The van der Waals surface area contributed by atoms with Crippen LogP contribution >= 0.6 is 0 Å². The van der Waals surface area contributed by atoms with Crippen LogP contribution in [0.4, 0.5) is 4.39 Å². The monoisotopic (exact) mass is 465 g/mol. The third kappa shape index (κ3) is 5.68. The Kier molecular flexibility index (Phi) is 8.16. The van der Waals surface area contributed by atoms with Crippen molar-refractivity contribution < 1.29 is 24.5 Å². The van der Waals surface area contributed by atoms with Crippen LogP contribution in [0.25, 0.3) is 22.4 Å². The summed E-state index contributed by atoms with van der Waals surface area (Å²) in [6.07, 6.45) is -0.358. The Hall–Kier alpha value is -3.54. The SMILES string of the molecule is CC(C)n1c(C#N)c(-c2ccccn2)c(-c2ccc(F)cc2)c1CCC(O)CC(O)CC(=O)O. The number of carboxylic acid groups (broad SMARTS) is 1. The van der Waals surface area contributed by atoms with Gasteiger partial charge in [0, 0.05) is 29.1 Å². The van der Waals surface area contributed by atoms with Crippen molar-refractivity contribution in [3.05, 3.63) is 65.9 Å². The molecule has 0 bridgehead atoms. The van der Waals surface area contributed by atoms with Crippen molar-refractivity contribution in [1.82, 2.24) is 9.55 Å². The van der Waals surface area contributed by atoms with Gasteiger partial charge in [0.05, 0.1) is 24.3 Å². The van der Waals surface area contributed by atoms with Gasteiger partial charge in [0.25, 0.3) is 0 Å². The summed E-state index contributed by atoms with van der Waals surface area (Å²) in [6, 6.07) is 13.7. The van der Waals surface area contributed by atoms with E-state index >= 15 is 0 Å². The van der Waals surface area contributed by atoms with Gasteiger partial charge in [-0.05, 0) is 62.9 Å². The minimum Gasteiger partial charge on any atom is -0.481 e. The van der Waals surface area contributed by atoms with E-state index in [1.807, 2.05) is 30.5 Å². The van der Waals surface area contributed by atoms with Crippen LogP contribution in [0.5, 0.6) is 0 Å². The molecule has 0 aliphatic rings. The summed E-state index contributed by atoms with van der Waals surface area (Å²) >= 11 is 0. The number of carboxylic acids is 1. The molecule has 2 heterocycles. The summed E-state index contributed by atoms with van der Waals surface area (Å²) in [7, 11) is 0. The van der Waals surface area contributed by atoms with Crippen molar-refractivity contribution in [2.24, 2.45) is 0 Å². The molecule has 0 aliphatic heterocycles. The van der Waals surface area contributed by atoms with E-state index in [4.69, 9.17) is 5.11 Å². The number of aliphatic hydroxyl groups excluding tert-OH is 2. The molecule has 0 radical (unpaired) electrons. The molecule has 7 nitrogen and oxygen atoms in total. The highest BCUT2D eigenvalue weighted by Gasteiger charge is 2.27. The average molecular weight is 466 g/mol. The normalized spacial score (nSPS) is 13.0. The fourth-order valence-corrected chi connectivity index (χ4v) is 4.27. The number of nitrogens with zero attached hydrogens (tertiary/aromatic N) is 3. The fourth-order valence-electron chi connectivity index (χ4n) is 4.27. The predicted molar refractivity (Wildman–Crippen MR) is 125 cm³/mol. The minimum absolute atomic E-state index is 0.0707. The van der Waals surface area contributed by atoms with Gasteiger partial charge in [-0.1, -0.05) is 18.2 Å². The quantitative estimate of drug-likeness (QED) is 0.410. The maximum atomic E-state index is 13.7. The molecule has 0 saturated carbocycles. The van der Waals surface area contributed by atoms with Crippen molar-refractivity contribution in [3.63, 3.8) is 0 Å². The van der Waals surface area contributed by atoms with Crippen LogP contribution in [-0.2, 0) is 11.2 Å². The molecule has 0 fully saturated rings. The molecule has 3 aromatic rings. The molecule has 0 saturated heterocycles. The highest BCUT2D eigenvalue weighted by atomic mass is 19.1. The number of hydrogen-bond acceptors (Lipinski definition) is 5. The van der Waals surface area contributed by atoms with E-state index in [9.17, 15) is 24.7 Å². The molecule has 2 atom stereocenters. The van der Waals surface area contributed by atoms with Crippen LogP contribution in [0.2, 0.25) is 0 Å². The number of aliphatic hydroxyl groups is 2. The predicted octanol–water partition coefficient (Wildman–Crippen LogP) is 4.33. The molecule has 0 amide bonds. The Morgan fingerprint density at radius 2 is 1.82 bits per heavy atom. The van der Waals surface area contributed by atoms with E-state index in [-0.39, 0.29) is 24.7 Å². The molecule has 1 aromatic carbocycles. The summed E-state index contributed by atoms with van der Waals surface area (Å²) in [5.41, 5.74) is 3.90. The van der Waals surface area contributed by atoms with E-state index in [0.717, 1.165) is 11.3 Å². The van der Waals surface area contributed by atoms with Crippen LogP contribution in [0, 0.1) is 17.1 Å². The smallest absolute Gasteiger partial charge is 0.305 e. The Labute approximate surface area is 197 Å². The van der Waals surface area contributed by atoms with Gasteiger partial charge >= 0.3 is 5.97 Å². The molecule has 2 unspecified atom stereocenters. The number of hydrogen-bond donors (Lipinski definition) is 3. The molecule has 3 rings (SSSR count). The summed E-state index contributed by atoms with van der Waals surface area (Å²) in [6.45, 7) is 3.90. The summed E-state index contributed by atoms with van der Waals surface area (Å²) < 4.78 is 15.6. The third-order valence-corrected chi connectivity index (χ3v) is 5.65. The van der Waals surface area contributed by atoms with Crippen LogP contribution in [0.15, 0.2) is 48.7 Å². The Morgan fingerprint density at radius 1 is 1.12 bits per heavy atom. The number of pyridine rings is 1. The zero-order valence-corrected chi connectivity index (χ0v) is 19.1. The molecule has 0 spiro atoms. The molecule has 8 heteroatoms. The fraction of sp³-hybridized carbons (Fsp3) is 0.346. The average Bonchev–Trinajstić information content (AvgIpc) is 3.12. The van der Waals surface area contributed by atoms with Gasteiger partial charge < -0.3 is 19.9 Å². The van der Waals surface area contributed by atoms with Crippen molar-refractivity contribution in [2.45, 2.75) is 57.8 Å². The molecule has 2 aromatic heterocycles. The lowest BCUT2D eigenvalue weighted by atomic mass is 9.95. The largest absolute Gasteiger partial charge is 0.481 e. The molecule has 34 heavy (non-hydrogen) atoms. The number of halogens is 1. The first-order valence-corrected chi connectivity index (χ1v) is 11.1. The molecule has 178 valence electrons. The Balaban J connectivity index is 2.12. The van der Waals surface area contributed by atoms with E-state index in [0.29, 0.717) is 28.9 Å². The second kappa shape index (κ2) is 11.1. The van der Waals surface area contributed by atoms with Crippen molar-refractivity contribution in [3.8, 4) is 28.5 Å². The zero-order valence-electron chi connectivity index (χ0n) is 19.1. The lowest BCUT2D eigenvalue weighted by Gasteiger charge is -2.18. The van der Waals surface area contributed by atoms with E-state index in [1.54, 1.807) is 24.4 Å². The Morgan fingerprint density at radius 3 is 2.38 bits per heavy atom. The molecule has 3 N–H and O–H groups in total. The second-order valence-corrected chi connectivity index (χ2v) is 8.52. The standard InChI is InChI=1S/C26H28FN3O4/c1-16(2)30-22(11-10-19(31)13-20(32)14-24(33)34)25(17-6-8-18(27)9-7-17)26(23(30)15-28)21-5-3-4-12-29-21/h3-9,12,16,19-20,31-32H,10-11,13-14H2,1-2H3,(H,33,34). The number of aromatic nitrogens is 2. The molecule has 0 aliphatic carbocycles. The zero-order chi connectivity index (χ0) is 24.8. The van der Waals surface area contributed by atoms with Gasteiger partial charge in [-0.3, -0.25) is 9.78 Å². The highest BCUT2D eigenvalue weighted by molar-refractivity contribution is 5.88. The number of carbonyl (C=O) groups is 1. The van der Waals surface area contributed by atoms with Crippen molar-refractivity contribution in [1.29, 1.82) is 5.26 Å². The van der Waals surface area contributed by atoms with Gasteiger partial charge in [0.2, 0.25) is 0 Å². The Bertz CT molecular complexity index is 1170. The van der Waals surface area contributed by atoms with E-state index < -0.39 is 24.6 Å². The van der Waals surface area contributed by atoms with Crippen LogP contribution in [-0.4, -0.2) is 43.0 Å². The summed E-state index contributed by atoms with van der Waals surface area (Å²) in [5.74, 6) is -1.51. The van der Waals surface area contributed by atoms with E-state index in [1.165, 1.54) is 12.1 Å². The van der Waals surface area contributed by atoms with Crippen LogP contribution in [0.1, 0.15) is 50.5 Å². The first-order chi connectivity index (χ1) is 16.2. The van der Waals surface area contributed by atoms with Crippen molar-refractivity contribution in [2.75, 3.05) is 0 Å².